The normalized spacial score (nSPS) is 15.3. The van der Waals surface area contributed by atoms with Crippen molar-refractivity contribution >= 4 is 5.91 Å². The molecule has 0 spiro atoms. The van der Waals surface area contributed by atoms with E-state index in [1.807, 2.05) is 0 Å². The Labute approximate surface area is 89.7 Å². The second-order valence-electron chi connectivity index (χ2n) is 4.09. The zero-order valence-corrected chi connectivity index (χ0v) is 9.07. The number of carbonyl (C=O) groups excluding carboxylic acids is 1. The topological polar surface area (TPSA) is 46.9 Å². The number of aryl methyl sites for hydroxylation is 1. The summed E-state index contributed by atoms with van der Waals surface area (Å²) in [5, 5.41) is 7.07. The van der Waals surface area contributed by atoms with E-state index >= 15 is 0 Å². The average molecular weight is 207 g/mol. The van der Waals surface area contributed by atoms with E-state index in [-0.39, 0.29) is 5.91 Å². The van der Waals surface area contributed by atoms with Gasteiger partial charge in [0.2, 0.25) is 0 Å². The fraction of sp³-hybridized carbons (Fsp3) is 0.636. The van der Waals surface area contributed by atoms with Crippen LogP contribution in [0.4, 0.5) is 0 Å². The molecule has 0 bridgehead atoms. The smallest absolute Gasteiger partial charge is 0.269 e. The molecule has 1 aliphatic carbocycles. The SMILES string of the molecule is CCCn1nccc1C(=O)NCC1CC1. The Balaban J connectivity index is 1.93. The van der Waals surface area contributed by atoms with Gasteiger partial charge in [0.25, 0.3) is 5.91 Å². The van der Waals surface area contributed by atoms with E-state index in [4.69, 9.17) is 0 Å². The van der Waals surface area contributed by atoms with Crippen LogP contribution in [0.1, 0.15) is 36.7 Å². The lowest BCUT2D eigenvalue weighted by atomic mass is 10.3. The van der Waals surface area contributed by atoms with Gasteiger partial charge in [0.1, 0.15) is 5.69 Å². The van der Waals surface area contributed by atoms with E-state index in [1.54, 1.807) is 16.9 Å². The van der Waals surface area contributed by atoms with Gasteiger partial charge in [0, 0.05) is 19.3 Å². The molecule has 0 atom stereocenters. The summed E-state index contributed by atoms with van der Waals surface area (Å²) in [4.78, 5) is 11.8. The first-order valence-corrected chi connectivity index (χ1v) is 5.61. The van der Waals surface area contributed by atoms with Crippen molar-refractivity contribution in [1.29, 1.82) is 0 Å². The molecule has 4 nitrogen and oxygen atoms in total. The Morgan fingerprint density at radius 2 is 2.47 bits per heavy atom. The van der Waals surface area contributed by atoms with Gasteiger partial charge in [-0.2, -0.15) is 5.10 Å². The number of carbonyl (C=O) groups is 1. The zero-order valence-electron chi connectivity index (χ0n) is 9.07. The fourth-order valence-electron chi connectivity index (χ4n) is 1.57. The lowest BCUT2D eigenvalue weighted by Gasteiger charge is -2.06. The Morgan fingerprint density at radius 1 is 1.67 bits per heavy atom. The maximum absolute atomic E-state index is 11.8. The van der Waals surface area contributed by atoms with Crippen LogP contribution in [0.5, 0.6) is 0 Å². The molecule has 1 aromatic heterocycles. The minimum absolute atomic E-state index is 0.00727. The van der Waals surface area contributed by atoms with Crippen molar-refractivity contribution in [3.8, 4) is 0 Å². The number of amides is 1. The first kappa shape index (κ1) is 10.2. The van der Waals surface area contributed by atoms with E-state index in [9.17, 15) is 4.79 Å². The summed E-state index contributed by atoms with van der Waals surface area (Å²) in [5.41, 5.74) is 0.678. The minimum atomic E-state index is 0.00727. The molecular formula is C11H17N3O. The fourth-order valence-corrected chi connectivity index (χ4v) is 1.57. The van der Waals surface area contributed by atoms with Gasteiger partial charge in [-0.15, -0.1) is 0 Å². The van der Waals surface area contributed by atoms with Gasteiger partial charge in [-0.05, 0) is 31.2 Å². The van der Waals surface area contributed by atoms with Gasteiger partial charge < -0.3 is 5.32 Å². The summed E-state index contributed by atoms with van der Waals surface area (Å²) in [6, 6.07) is 1.78. The molecule has 1 saturated carbocycles. The highest BCUT2D eigenvalue weighted by molar-refractivity contribution is 5.92. The Bertz CT molecular complexity index is 341. The highest BCUT2D eigenvalue weighted by Gasteiger charge is 2.22. The van der Waals surface area contributed by atoms with Crippen molar-refractivity contribution < 1.29 is 4.79 Å². The van der Waals surface area contributed by atoms with Gasteiger partial charge in [-0.25, -0.2) is 0 Å². The van der Waals surface area contributed by atoms with Crippen molar-refractivity contribution in [2.45, 2.75) is 32.7 Å². The predicted octanol–water partition coefficient (Wildman–Crippen LogP) is 1.43. The largest absolute Gasteiger partial charge is 0.350 e. The van der Waals surface area contributed by atoms with Crippen LogP contribution in [0.25, 0.3) is 0 Å². The molecule has 0 aliphatic heterocycles. The van der Waals surface area contributed by atoms with Gasteiger partial charge in [-0.1, -0.05) is 6.92 Å². The molecule has 1 aliphatic rings. The summed E-state index contributed by atoms with van der Waals surface area (Å²) in [5.74, 6) is 0.726. The van der Waals surface area contributed by atoms with Crippen molar-refractivity contribution in [1.82, 2.24) is 15.1 Å². The lowest BCUT2D eigenvalue weighted by molar-refractivity contribution is 0.0941. The number of nitrogens with zero attached hydrogens (tertiary/aromatic N) is 2. The molecule has 82 valence electrons. The van der Waals surface area contributed by atoms with Crippen LogP contribution < -0.4 is 5.32 Å². The molecular weight excluding hydrogens is 190 g/mol. The van der Waals surface area contributed by atoms with E-state index in [1.165, 1.54) is 12.8 Å². The minimum Gasteiger partial charge on any atom is -0.350 e. The molecule has 0 radical (unpaired) electrons. The van der Waals surface area contributed by atoms with Gasteiger partial charge >= 0.3 is 0 Å². The van der Waals surface area contributed by atoms with Crippen molar-refractivity contribution in [3.63, 3.8) is 0 Å². The van der Waals surface area contributed by atoms with Crippen LogP contribution in [0, 0.1) is 5.92 Å². The highest BCUT2D eigenvalue weighted by Crippen LogP contribution is 2.27. The monoisotopic (exact) mass is 207 g/mol. The summed E-state index contributed by atoms with van der Waals surface area (Å²) < 4.78 is 1.77. The summed E-state index contributed by atoms with van der Waals surface area (Å²) in [7, 11) is 0. The summed E-state index contributed by atoms with van der Waals surface area (Å²) in [6.07, 6.45) is 5.19. The Morgan fingerprint density at radius 3 is 3.13 bits per heavy atom. The second kappa shape index (κ2) is 4.47. The number of nitrogens with one attached hydrogen (secondary N) is 1. The molecule has 1 amide bonds. The average Bonchev–Trinajstić information content (AvgIpc) is 2.95. The predicted molar refractivity (Wildman–Crippen MR) is 57.6 cm³/mol. The number of aromatic nitrogens is 2. The first-order chi connectivity index (χ1) is 7.31. The van der Waals surface area contributed by atoms with Crippen LogP contribution in [0.3, 0.4) is 0 Å². The molecule has 0 saturated heterocycles. The van der Waals surface area contributed by atoms with E-state index < -0.39 is 0 Å². The van der Waals surface area contributed by atoms with Crippen LogP contribution >= 0.6 is 0 Å². The molecule has 1 aromatic rings. The van der Waals surface area contributed by atoms with Gasteiger partial charge in [0.15, 0.2) is 0 Å². The first-order valence-electron chi connectivity index (χ1n) is 5.61. The van der Waals surface area contributed by atoms with Gasteiger partial charge in [0.05, 0.1) is 0 Å². The molecule has 1 heterocycles. The van der Waals surface area contributed by atoms with E-state index in [0.717, 1.165) is 25.4 Å². The molecule has 0 unspecified atom stereocenters. The van der Waals surface area contributed by atoms with Crippen molar-refractivity contribution in [2.24, 2.45) is 5.92 Å². The molecule has 0 aromatic carbocycles. The maximum Gasteiger partial charge on any atom is 0.269 e. The zero-order chi connectivity index (χ0) is 10.7. The summed E-state index contributed by atoms with van der Waals surface area (Å²) >= 11 is 0. The van der Waals surface area contributed by atoms with Crippen molar-refractivity contribution in [2.75, 3.05) is 6.54 Å². The van der Waals surface area contributed by atoms with E-state index in [0.29, 0.717) is 5.69 Å². The second-order valence-corrected chi connectivity index (χ2v) is 4.09. The van der Waals surface area contributed by atoms with Crippen LogP contribution in [-0.2, 0) is 6.54 Å². The maximum atomic E-state index is 11.8. The molecule has 1 fully saturated rings. The van der Waals surface area contributed by atoms with Gasteiger partial charge in [-0.3, -0.25) is 9.48 Å². The quantitative estimate of drug-likeness (QED) is 0.794. The third kappa shape index (κ3) is 2.58. The number of rotatable bonds is 5. The molecule has 15 heavy (non-hydrogen) atoms. The van der Waals surface area contributed by atoms with E-state index in [2.05, 4.69) is 17.3 Å². The van der Waals surface area contributed by atoms with Crippen LogP contribution in [0.2, 0.25) is 0 Å². The standard InChI is InChI=1S/C11H17N3O/c1-2-7-14-10(5-6-13-14)11(15)12-8-9-3-4-9/h5-6,9H,2-4,7-8H2,1H3,(H,12,15). The van der Waals surface area contributed by atoms with Crippen LogP contribution in [0.15, 0.2) is 12.3 Å². The molecule has 2 rings (SSSR count). The summed E-state index contributed by atoms with van der Waals surface area (Å²) in [6.45, 7) is 3.70. The number of hydrogen-bond donors (Lipinski definition) is 1. The third-order valence-corrected chi connectivity index (χ3v) is 2.63. The third-order valence-electron chi connectivity index (χ3n) is 2.63. The lowest BCUT2D eigenvalue weighted by Crippen LogP contribution is -2.28. The van der Waals surface area contributed by atoms with Crippen LogP contribution in [-0.4, -0.2) is 22.2 Å². The Hall–Kier alpha value is -1.32. The van der Waals surface area contributed by atoms with Crippen molar-refractivity contribution in [3.05, 3.63) is 18.0 Å². The molecule has 1 N–H and O–H groups in total. The number of hydrogen-bond acceptors (Lipinski definition) is 2. The molecule has 4 heteroatoms. The highest BCUT2D eigenvalue weighted by atomic mass is 16.2. The Kier molecular flexibility index (Phi) is 3.04.